The average Bonchev–Trinajstić information content (AvgIpc) is 2.60. The first kappa shape index (κ1) is 16.2. The van der Waals surface area contributed by atoms with Gasteiger partial charge >= 0.3 is 0 Å². The molecule has 1 aliphatic heterocycles. The SMILES string of the molecule is C=CC1CN(C(C)[C@H](O)c2ccnc3ccccc23)CCC1C. The number of nitrogens with zero attached hydrogens (tertiary/aromatic N) is 2. The number of likely N-dealkylation sites (tertiary alicyclic amines) is 1. The highest BCUT2D eigenvalue weighted by molar-refractivity contribution is 5.82. The Kier molecular flexibility index (Phi) is 4.79. The number of hydrogen-bond acceptors (Lipinski definition) is 3. The monoisotopic (exact) mass is 310 g/mol. The molecule has 3 heteroatoms. The molecule has 3 nitrogen and oxygen atoms in total. The summed E-state index contributed by atoms with van der Waals surface area (Å²) in [4.78, 5) is 6.79. The molecule has 0 aliphatic carbocycles. The van der Waals surface area contributed by atoms with Crippen molar-refractivity contribution in [1.29, 1.82) is 0 Å². The maximum atomic E-state index is 11.0. The van der Waals surface area contributed by atoms with Crippen molar-refractivity contribution >= 4 is 10.9 Å². The van der Waals surface area contributed by atoms with Crippen molar-refractivity contribution in [3.63, 3.8) is 0 Å². The number of aliphatic hydroxyl groups excluding tert-OH is 1. The Morgan fingerprint density at radius 2 is 2.13 bits per heavy atom. The number of hydrogen-bond donors (Lipinski definition) is 1. The van der Waals surface area contributed by atoms with Crippen LogP contribution >= 0.6 is 0 Å². The fraction of sp³-hybridized carbons (Fsp3) is 0.450. The molecule has 1 aliphatic rings. The molecule has 1 aromatic carbocycles. The van der Waals surface area contributed by atoms with Gasteiger partial charge in [-0.3, -0.25) is 9.88 Å². The molecular formula is C20H26N2O. The molecule has 0 amide bonds. The highest BCUT2D eigenvalue weighted by Gasteiger charge is 2.30. The van der Waals surface area contributed by atoms with E-state index in [4.69, 9.17) is 0 Å². The summed E-state index contributed by atoms with van der Waals surface area (Å²) in [7, 11) is 0. The van der Waals surface area contributed by atoms with Gasteiger partial charge in [-0.15, -0.1) is 6.58 Å². The molecular weight excluding hydrogens is 284 g/mol. The number of rotatable bonds is 4. The van der Waals surface area contributed by atoms with Gasteiger partial charge in [-0.05, 0) is 49.4 Å². The van der Waals surface area contributed by atoms with Gasteiger partial charge in [0.25, 0.3) is 0 Å². The van der Waals surface area contributed by atoms with Crippen LogP contribution in [0.4, 0.5) is 0 Å². The highest BCUT2D eigenvalue weighted by atomic mass is 16.3. The Hall–Kier alpha value is -1.71. The topological polar surface area (TPSA) is 36.4 Å². The quantitative estimate of drug-likeness (QED) is 0.873. The first-order chi connectivity index (χ1) is 11.1. The van der Waals surface area contributed by atoms with Crippen LogP contribution in [0, 0.1) is 11.8 Å². The number of para-hydroxylation sites is 1. The average molecular weight is 310 g/mol. The van der Waals surface area contributed by atoms with E-state index in [2.05, 4.69) is 36.4 Å². The molecule has 3 unspecified atom stereocenters. The maximum absolute atomic E-state index is 11.0. The minimum absolute atomic E-state index is 0.0794. The zero-order valence-electron chi connectivity index (χ0n) is 14.0. The van der Waals surface area contributed by atoms with E-state index >= 15 is 0 Å². The molecule has 3 rings (SSSR count). The predicted octanol–water partition coefficient (Wildman–Crippen LogP) is 3.80. The molecule has 2 aromatic rings. The van der Waals surface area contributed by atoms with E-state index in [0.717, 1.165) is 36.0 Å². The number of fused-ring (bicyclic) bond motifs is 1. The summed E-state index contributed by atoms with van der Waals surface area (Å²) in [6, 6.07) is 10.0. The Bertz CT molecular complexity index is 679. The van der Waals surface area contributed by atoms with Crippen molar-refractivity contribution in [3.05, 3.63) is 54.7 Å². The predicted molar refractivity (Wildman–Crippen MR) is 95.2 cm³/mol. The summed E-state index contributed by atoms with van der Waals surface area (Å²) in [5.41, 5.74) is 1.91. The van der Waals surface area contributed by atoms with Gasteiger partial charge in [-0.25, -0.2) is 0 Å². The second-order valence-corrected chi connectivity index (χ2v) is 6.76. The van der Waals surface area contributed by atoms with Crippen molar-refractivity contribution < 1.29 is 5.11 Å². The Labute approximate surface area is 138 Å². The summed E-state index contributed by atoms with van der Waals surface area (Å²) >= 11 is 0. The number of piperidine rings is 1. The lowest BCUT2D eigenvalue weighted by Gasteiger charge is -2.40. The van der Waals surface area contributed by atoms with Crippen LogP contribution in [0.3, 0.4) is 0 Å². The molecule has 4 atom stereocenters. The Balaban J connectivity index is 1.84. The van der Waals surface area contributed by atoms with E-state index in [1.165, 1.54) is 0 Å². The lowest BCUT2D eigenvalue weighted by molar-refractivity contribution is 0.0277. The van der Waals surface area contributed by atoms with Crippen LogP contribution in [-0.4, -0.2) is 34.1 Å². The van der Waals surface area contributed by atoms with E-state index in [1.54, 1.807) is 6.20 Å². The minimum Gasteiger partial charge on any atom is -0.387 e. The standard InChI is InChI=1S/C20H26N2O/c1-4-16-13-22(12-10-14(16)2)15(3)20(23)18-9-11-21-19-8-6-5-7-17(18)19/h4-9,11,14-16,20,23H,1,10,12-13H2,2-3H3/t14?,15?,16?,20-/m0/s1. The van der Waals surface area contributed by atoms with E-state index < -0.39 is 6.10 Å². The van der Waals surface area contributed by atoms with Gasteiger partial charge in [0.2, 0.25) is 0 Å². The Morgan fingerprint density at radius 1 is 1.35 bits per heavy atom. The van der Waals surface area contributed by atoms with Crippen molar-refractivity contribution in [3.8, 4) is 0 Å². The summed E-state index contributed by atoms with van der Waals surface area (Å²) in [5.74, 6) is 1.18. The van der Waals surface area contributed by atoms with E-state index in [-0.39, 0.29) is 6.04 Å². The van der Waals surface area contributed by atoms with Crippen molar-refractivity contribution in [2.24, 2.45) is 11.8 Å². The van der Waals surface area contributed by atoms with Crippen molar-refractivity contribution in [2.75, 3.05) is 13.1 Å². The first-order valence-corrected chi connectivity index (χ1v) is 8.50. The maximum Gasteiger partial charge on any atom is 0.0949 e. The van der Waals surface area contributed by atoms with Crippen LogP contribution in [0.1, 0.15) is 31.9 Å². The van der Waals surface area contributed by atoms with Gasteiger partial charge in [0.05, 0.1) is 11.6 Å². The number of aliphatic hydroxyl groups is 1. The third-order valence-electron chi connectivity index (χ3n) is 5.38. The molecule has 1 N–H and O–H groups in total. The number of aromatic nitrogens is 1. The summed E-state index contributed by atoms with van der Waals surface area (Å²) in [5, 5.41) is 12.0. The molecule has 1 saturated heterocycles. The molecule has 1 aromatic heterocycles. The second kappa shape index (κ2) is 6.81. The van der Waals surface area contributed by atoms with E-state index in [1.807, 2.05) is 30.3 Å². The zero-order valence-corrected chi connectivity index (χ0v) is 14.0. The van der Waals surface area contributed by atoms with Gasteiger partial charge in [0.1, 0.15) is 0 Å². The van der Waals surface area contributed by atoms with Crippen LogP contribution < -0.4 is 0 Å². The second-order valence-electron chi connectivity index (χ2n) is 6.76. The summed E-state index contributed by atoms with van der Waals surface area (Å²) in [6.07, 6.45) is 4.50. The molecule has 23 heavy (non-hydrogen) atoms. The summed E-state index contributed by atoms with van der Waals surface area (Å²) in [6.45, 7) is 10.4. The molecule has 0 bridgehead atoms. The number of pyridine rings is 1. The van der Waals surface area contributed by atoms with Gasteiger partial charge < -0.3 is 5.11 Å². The van der Waals surface area contributed by atoms with E-state index in [9.17, 15) is 5.11 Å². The third kappa shape index (κ3) is 3.17. The van der Waals surface area contributed by atoms with Gasteiger partial charge in [0, 0.05) is 24.2 Å². The zero-order chi connectivity index (χ0) is 16.4. The van der Waals surface area contributed by atoms with Crippen LogP contribution in [0.25, 0.3) is 10.9 Å². The van der Waals surface area contributed by atoms with Crippen LogP contribution in [0.5, 0.6) is 0 Å². The minimum atomic E-state index is -0.512. The van der Waals surface area contributed by atoms with Crippen LogP contribution in [-0.2, 0) is 0 Å². The fourth-order valence-electron chi connectivity index (χ4n) is 3.64. The van der Waals surface area contributed by atoms with Gasteiger partial charge in [-0.2, -0.15) is 0 Å². The smallest absolute Gasteiger partial charge is 0.0949 e. The van der Waals surface area contributed by atoms with Crippen molar-refractivity contribution in [2.45, 2.75) is 32.4 Å². The molecule has 0 radical (unpaired) electrons. The van der Waals surface area contributed by atoms with Crippen molar-refractivity contribution in [1.82, 2.24) is 9.88 Å². The van der Waals surface area contributed by atoms with Crippen LogP contribution in [0.15, 0.2) is 49.2 Å². The fourth-order valence-corrected chi connectivity index (χ4v) is 3.64. The van der Waals surface area contributed by atoms with Gasteiger partial charge in [-0.1, -0.05) is 31.2 Å². The number of benzene rings is 1. The lowest BCUT2D eigenvalue weighted by Crippen LogP contribution is -2.46. The molecule has 0 spiro atoms. The highest BCUT2D eigenvalue weighted by Crippen LogP contribution is 2.31. The lowest BCUT2D eigenvalue weighted by atomic mass is 9.85. The molecule has 2 heterocycles. The normalized spacial score (nSPS) is 25.2. The molecule has 0 saturated carbocycles. The van der Waals surface area contributed by atoms with Crippen LogP contribution in [0.2, 0.25) is 0 Å². The molecule has 1 fully saturated rings. The third-order valence-corrected chi connectivity index (χ3v) is 5.38. The van der Waals surface area contributed by atoms with E-state index in [0.29, 0.717) is 11.8 Å². The largest absolute Gasteiger partial charge is 0.387 e. The molecule has 122 valence electrons. The van der Waals surface area contributed by atoms with Gasteiger partial charge in [0.15, 0.2) is 0 Å². The first-order valence-electron chi connectivity index (χ1n) is 8.50. The Morgan fingerprint density at radius 3 is 2.91 bits per heavy atom. The summed E-state index contributed by atoms with van der Waals surface area (Å²) < 4.78 is 0.